The van der Waals surface area contributed by atoms with Crippen molar-refractivity contribution >= 4 is 29.2 Å². The van der Waals surface area contributed by atoms with E-state index in [2.05, 4.69) is 39.9 Å². The van der Waals surface area contributed by atoms with Crippen LogP contribution in [0, 0.1) is 0 Å². The number of para-hydroxylation sites is 1. The number of anilines is 1. The molecule has 0 aliphatic heterocycles. The normalized spacial score (nSPS) is 11.5. The SMILES string of the molecule is CCCCCC(=O)N(CCCCC)CC(=O)Nc1cc(C(C)(C)C)nn1-c1ccccc1Cl. The fraction of sp³-hybridized carbons (Fsp3) is 0.577. The first-order valence-corrected chi connectivity index (χ1v) is 12.5. The van der Waals surface area contributed by atoms with Gasteiger partial charge in [0.25, 0.3) is 0 Å². The molecule has 1 heterocycles. The number of halogens is 1. The summed E-state index contributed by atoms with van der Waals surface area (Å²) in [7, 11) is 0. The van der Waals surface area contributed by atoms with E-state index in [0.717, 1.165) is 44.2 Å². The third-order valence-corrected chi connectivity index (χ3v) is 5.86. The number of hydrogen-bond donors (Lipinski definition) is 1. The summed E-state index contributed by atoms with van der Waals surface area (Å²) in [6.07, 6.45) is 6.42. The van der Waals surface area contributed by atoms with E-state index in [4.69, 9.17) is 16.7 Å². The molecule has 0 fully saturated rings. The highest BCUT2D eigenvalue weighted by Crippen LogP contribution is 2.29. The van der Waals surface area contributed by atoms with Crippen LogP contribution in [0.2, 0.25) is 5.02 Å². The predicted molar refractivity (Wildman–Crippen MR) is 136 cm³/mol. The van der Waals surface area contributed by atoms with Crippen LogP contribution in [-0.4, -0.2) is 39.6 Å². The molecule has 0 radical (unpaired) electrons. The van der Waals surface area contributed by atoms with Gasteiger partial charge in [0.1, 0.15) is 5.82 Å². The minimum absolute atomic E-state index is 0.0349. The van der Waals surface area contributed by atoms with Gasteiger partial charge in [-0.05, 0) is 25.0 Å². The Morgan fingerprint density at radius 2 is 1.73 bits per heavy atom. The molecule has 0 bridgehead atoms. The highest BCUT2D eigenvalue weighted by Gasteiger charge is 2.23. The van der Waals surface area contributed by atoms with E-state index in [1.165, 1.54) is 0 Å². The third kappa shape index (κ3) is 8.18. The van der Waals surface area contributed by atoms with Crippen molar-refractivity contribution in [2.24, 2.45) is 0 Å². The van der Waals surface area contributed by atoms with Gasteiger partial charge >= 0.3 is 0 Å². The molecular weight excluding hydrogens is 436 g/mol. The van der Waals surface area contributed by atoms with Gasteiger partial charge in [0, 0.05) is 24.4 Å². The van der Waals surface area contributed by atoms with Gasteiger partial charge in [-0.1, -0.05) is 84.0 Å². The Morgan fingerprint density at radius 1 is 1.06 bits per heavy atom. The van der Waals surface area contributed by atoms with Crippen LogP contribution in [0.15, 0.2) is 30.3 Å². The summed E-state index contributed by atoms with van der Waals surface area (Å²) in [6.45, 7) is 11.1. The Labute approximate surface area is 203 Å². The van der Waals surface area contributed by atoms with Crippen LogP contribution in [-0.2, 0) is 15.0 Å². The predicted octanol–water partition coefficient (Wildman–Crippen LogP) is 6.36. The lowest BCUT2D eigenvalue weighted by Gasteiger charge is -2.22. The maximum absolute atomic E-state index is 13.0. The van der Waals surface area contributed by atoms with E-state index in [0.29, 0.717) is 29.5 Å². The molecule has 1 aromatic heterocycles. The van der Waals surface area contributed by atoms with Crippen LogP contribution in [0.4, 0.5) is 5.82 Å². The van der Waals surface area contributed by atoms with Gasteiger partial charge in [-0.25, -0.2) is 4.68 Å². The van der Waals surface area contributed by atoms with E-state index in [1.807, 2.05) is 24.3 Å². The van der Waals surface area contributed by atoms with Crippen LogP contribution in [0.25, 0.3) is 5.69 Å². The van der Waals surface area contributed by atoms with Gasteiger partial charge in [-0.3, -0.25) is 9.59 Å². The zero-order valence-electron chi connectivity index (χ0n) is 20.8. The second-order valence-electron chi connectivity index (χ2n) is 9.56. The summed E-state index contributed by atoms with van der Waals surface area (Å²) >= 11 is 6.42. The Balaban J connectivity index is 2.22. The molecule has 1 N–H and O–H groups in total. The number of benzene rings is 1. The summed E-state index contributed by atoms with van der Waals surface area (Å²) in [4.78, 5) is 27.5. The molecule has 182 valence electrons. The lowest BCUT2D eigenvalue weighted by atomic mass is 9.92. The second kappa shape index (κ2) is 12.8. The monoisotopic (exact) mass is 474 g/mol. The number of nitrogens with one attached hydrogen (secondary N) is 1. The van der Waals surface area contributed by atoms with Crippen molar-refractivity contribution < 1.29 is 9.59 Å². The van der Waals surface area contributed by atoms with Crippen LogP contribution < -0.4 is 5.32 Å². The number of hydrogen-bond acceptors (Lipinski definition) is 3. The highest BCUT2D eigenvalue weighted by molar-refractivity contribution is 6.32. The molecule has 6 nitrogen and oxygen atoms in total. The lowest BCUT2D eigenvalue weighted by Crippen LogP contribution is -2.38. The summed E-state index contributed by atoms with van der Waals surface area (Å²) in [5.74, 6) is 0.360. The Bertz CT molecular complexity index is 917. The molecule has 1 aromatic carbocycles. The first-order chi connectivity index (χ1) is 15.7. The van der Waals surface area contributed by atoms with Gasteiger partial charge in [0.2, 0.25) is 11.8 Å². The molecule has 0 spiro atoms. The molecule has 0 saturated heterocycles. The fourth-order valence-electron chi connectivity index (χ4n) is 3.53. The lowest BCUT2D eigenvalue weighted by molar-refractivity contribution is -0.134. The molecule has 0 saturated carbocycles. The van der Waals surface area contributed by atoms with Crippen LogP contribution >= 0.6 is 11.6 Å². The van der Waals surface area contributed by atoms with Gasteiger partial charge in [-0.2, -0.15) is 5.10 Å². The van der Waals surface area contributed by atoms with Crippen LogP contribution in [0.1, 0.15) is 85.3 Å². The van der Waals surface area contributed by atoms with Gasteiger partial charge in [-0.15, -0.1) is 0 Å². The summed E-state index contributed by atoms with van der Waals surface area (Å²) in [5.41, 5.74) is 1.33. The quantitative estimate of drug-likeness (QED) is 0.364. The number of carbonyl (C=O) groups excluding carboxylic acids is 2. The van der Waals surface area contributed by atoms with E-state index in [1.54, 1.807) is 15.6 Å². The van der Waals surface area contributed by atoms with Crippen molar-refractivity contribution in [3.8, 4) is 5.69 Å². The van der Waals surface area contributed by atoms with Crippen LogP contribution in [0.5, 0.6) is 0 Å². The number of nitrogens with zero attached hydrogens (tertiary/aromatic N) is 3. The molecule has 0 unspecified atom stereocenters. The first-order valence-electron chi connectivity index (χ1n) is 12.1. The van der Waals surface area contributed by atoms with Crippen molar-refractivity contribution in [2.45, 2.75) is 85.0 Å². The maximum atomic E-state index is 13.0. The van der Waals surface area contributed by atoms with Crippen molar-refractivity contribution in [1.29, 1.82) is 0 Å². The van der Waals surface area contributed by atoms with Crippen LogP contribution in [0.3, 0.4) is 0 Å². The molecule has 2 amide bonds. The average molecular weight is 475 g/mol. The number of unbranched alkanes of at least 4 members (excludes halogenated alkanes) is 4. The third-order valence-electron chi connectivity index (χ3n) is 5.54. The molecule has 7 heteroatoms. The van der Waals surface area contributed by atoms with E-state index < -0.39 is 0 Å². The molecule has 0 atom stereocenters. The molecular formula is C26H39ClN4O2. The number of carbonyl (C=O) groups is 2. The molecule has 2 aromatic rings. The first kappa shape index (κ1) is 26.9. The van der Waals surface area contributed by atoms with Gasteiger partial charge in [0.05, 0.1) is 22.9 Å². The van der Waals surface area contributed by atoms with Crippen molar-refractivity contribution in [3.63, 3.8) is 0 Å². The Kier molecular flexibility index (Phi) is 10.4. The van der Waals surface area contributed by atoms with E-state index in [9.17, 15) is 9.59 Å². The molecule has 33 heavy (non-hydrogen) atoms. The zero-order valence-corrected chi connectivity index (χ0v) is 21.5. The van der Waals surface area contributed by atoms with Crippen molar-refractivity contribution in [1.82, 2.24) is 14.7 Å². The van der Waals surface area contributed by atoms with E-state index in [-0.39, 0.29) is 23.8 Å². The van der Waals surface area contributed by atoms with Crippen molar-refractivity contribution in [2.75, 3.05) is 18.4 Å². The average Bonchev–Trinajstić information content (AvgIpc) is 3.17. The topological polar surface area (TPSA) is 67.2 Å². The standard InChI is InChI=1S/C26H39ClN4O2/c1-6-8-10-16-25(33)30(17-13-9-7-2)19-24(32)28-23-18-22(26(3,4)5)29-31(23)21-15-12-11-14-20(21)27/h11-12,14-15,18H,6-10,13,16-17,19H2,1-5H3,(H,28,32). The second-order valence-corrected chi connectivity index (χ2v) is 9.96. The van der Waals surface area contributed by atoms with Gasteiger partial charge < -0.3 is 10.2 Å². The Hall–Kier alpha value is -2.34. The minimum Gasteiger partial charge on any atom is -0.333 e. The summed E-state index contributed by atoms with van der Waals surface area (Å²) in [6, 6.07) is 9.29. The number of rotatable bonds is 12. The van der Waals surface area contributed by atoms with Crippen molar-refractivity contribution in [3.05, 3.63) is 41.0 Å². The minimum atomic E-state index is -0.232. The zero-order chi connectivity index (χ0) is 24.4. The molecule has 0 aliphatic carbocycles. The molecule has 0 aliphatic rings. The van der Waals surface area contributed by atoms with E-state index >= 15 is 0 Å². The number of amides is 2. The smallest absolute Gasteiger partial charge is 0.245 e. The summed E-state index contributed by atoms with van der Waals surface area (Å²) in [5, 5.41) is 8.25. The molecule has 2 rings (SSSR count). The Morgan fingerprint density at radius 3 is 2.36 bits per heavy atom. The largest absolute Gasteiger partial charge is 0.333 e. The fourth-order valence-corrected chi connectivity index (χ4v) is 3.74. The maximum Gasteiger partial charge on any atom is 0.245 e. The highest BCUT2D eigenvalue weighted by atomic mass is 35.5. The number of aromatic nitrogens is 2. The summed E-state index contributed by atoms with van der Waals surface area (Å²) < 4.78 is 1.67. The van der Waals surface area contributed by atoms with Gasteiger partial charge in [0.15, 0.2) is 0 Å².